The fourth-order valence-corrected chi connectivity index (χ4v) is 2.20. The van der Waals surface area contributed by atoms with E-state index in [0.717, 1.165) is 0 Å². The Labute approximate surface area is 123 Å². The first kappa shape index (κ1) is 15.1. The van der Waals surface area contributed by atoms with E-state index in [1.165, 1.54) is 13.4 Å². The summed E-state index contributed by atoms with van der Waals surface area (Å²) in [5.74, 6) is -0.865. The highest BCUT2D eigenvalue weighted by Crippen LogP contribution is 2.28. The molecule has 0 fully saturated rings. The lowest BCUT2D eigenvalue weighted by Crippen LogP contribution is -2.21. The first-order chi connectivity index (χ1) is 10.0. The van der Waals surface area contributed by atoms with Gasteiger partial charge >= 0.3 is 11.9 Å². The number of carbonyl (C=O) groups excluding carboxylic acids is 2. The molecule has 0 bridgehead atoms. The van der Waals surface area contributed by atoms with Crippen molar-refractivity contribution in [3.05, 3.63) is 47.8 Å². The first-order valence-corrected chi connectivity index (χ1v) is 6.71. The van der Waals surface area contributed by atoms with Crippen LogP contribution < -0.4 is 0 Å². The van der Waals surface area contributed by atoms with Crippen LogP contribution >= 0.6 is 0 Å². The Hall–Kier alpha value is -2.30. The lowest BCUT2D eigenvalue weighted by Gasteiger charge is -2.22. The van der Waals surface area contributed by atoms with Crippen LogP contribution in [0.5, 0.6) is 0 Å². The van der Waals surface area contributed by atoms with Crippen molar-refractivity contribution in [1.29, 1.82) is 0 Å². The number of hydrogen-bond donors (Lipinski definition) is 0. The summed E-state index contributed by atoms with van der Waals surface area (Å²) in [6.45, 7) is 3.65. The summed E-state index contributed by atoms with van der Waals surface area (Å²) in [5.41, 5.74) is 0.876. The molecule has 1 aliphatic heterocycles. The molecule has 0 saturated heterocycles. The molecule has 0 amide bonds. The van der Waals surface area contributed by atoms with Crippen LogP contribution in [0.1, 0.15) is 13.8 Å². The van der Waals surface area contributed by atoms with Crippen LogP contribution in [0.2, 0.25) is 0 Å². The zero-order valence-electron chi connectivity index (χ0n) is 12.2. The number of allylic oxidation sites excluding steroid dienone is 4. The second-order valence-electron chi connectivity index (χ2n) is 4.98. The van der Waals surface area contributed by atoms with E-state index in [9.17, 15) is 9.59 Å². The summed E-state index contributed by atoms with van der Waals surface area (Å²) >= 11 is 0. The average molecular weight is 290 g/mol. The minimum absolute atomic E-state index is 0.135. The van der Waals surface area contributed by atoms with Crippen molar-refractivity contribution in [3.8, 4) is 0 Å². The summed E-state index contributed by atoms with van der Waals surface area (Å²) < 4.78 is 15.2. The van der Waals surface area contributed by atoms with Crippen molar-refractivity contribution < 1.29 is 23.8 Å². The van der Waals surface area contributed by atoms with Crippen molar-refractivity contribution >= 4 is 11.9 Å². The molecule has 112 valence electrons. The predicted molar refractivity (Wildman–Crippen MR) is 75.8 cm³/mol. The summed E-state index contributed by atoms with van der Waals surface area (Å²) in [7, 11) is 1.32. The van der Waals surface area contributed by atoms with E-state index in [1.54, 1.807) is 13.0 Å². The number of esters is 2. The second kappa shape index (κ2) is 6.43. The van der Waals surface area contributed by atoms with Gasteiger partial charge in [-0.05, 0) is 12.8 Å². The Morgan fingerprint density at radius 1 is 1.33 bits per heavy atom. The van der Waals surface area contributed by atoms with Gasteiger partial charge in [-0.2, -0.15) is 0 Å². The molecule has 0 radical (unpaired) electrons. The van der Waals surface area contributed by atoms with E-state index >= 15 is 0 Å². The lowest BCUT2D eigenvalue weighted by atomic mass is 9.84. The molecule has 1 aliphatic carbocycles. The Balaban J connectivity index is 2.15. The lowest BCUT2D eigenvalue weighted by molar-refractivity contribution is -0.152. The van der Waals surface area contributed by atoms with Crippen molar-refractivity contribution in [1.82, 2.24) is 0 Å². The SMILES string of the molecule is COC(=O)/C(=C/OC1C=C(C)C(=O)O1)C1C=CC=CC1C. The number of methoxy groups -OCH3 is 1. The first-order valence-electron chi connectivity index (χ1n) is 6.71. The molecule has 3 atom stereocenters. The highest BCUT2D eigenvalue weighted by Gasteiger charge is 2.27. The topological polar surface area (TPSA) is 61.8 Å². The van der Waals surface area contributed by atoms with E-state index in [4.69, 9.17) is 14.2 Å². The Morgan fingerprint density at radius 2 is 2.05 bits per heavy atom. The van der Waals surface area contributed by atoms with Crippen molar-refractivity contribution in [3.63, 3.8) is 0 Å². The largest absolute Gasteiger partial charge is 0.466 e. The third-order valence-electron chi connectivity index (χ3n) is 3.45. The van der Waals surface area contributed by atoms with Crippen molar-refractivity contribution in [2.24, 2.45) is 11.8 Å². The van der Waals surface area contributed by atoms with E-state index in [-0.39, 0.29) is 11.8 Å². The van der Waals surface area contributed by atoms with Gasteiger partial charge in [-0.1, -0.05) is 31.2 Å². The van der Waals surface area contributed by atoms with Crippen LogP contribution in [0, 0.1) is 11.8 Å². The molecule has 0 saturated carbocycles. The van der Waals surface area contributed by atoms with Gasteiger partial charge in [0.15, 0.2) is 0 Å². The van der Waals surface area contributed by atoms with Crippen LogP contribution in [-0.4, -0.2) is 25.3 Å². The quantitative estimate of drug-likeness (QED) is 0.451. The van der Waals surface area contributed by atoms with Crippen molar-refractivity contribution in [2.45, 2.75) is 20.1 Å². The van der Waals surface area contributed by atoms with Gasteiger partial charge in [0.25, 0.3) is 6.29 Å². The van der Waals surface area contributed by atoms with Crippen LogP contribution in [0.15, 0.2) is 47.8 Å². The highest BCUT2D eigenvalue weighted by molar-refractivity contribution is 5.90. The Morgan fingerprint density at radius 3 is 2.62 bits per heavy atom. The van der Waals surface area contributed by atoms with E-state index < -0.39 is 18.2 Å². The molecule has 5 nitrogen and oxygen atoms in total. The fourth-order valence-electron chi connectivity index (χ4n) is 2.20. The standard InChI is InChI=1S/C16H18O5/c1-10-6-4-5-7-12(10)13(16(18)19-3)9-20-14-8-11(2)15(17)21-14/h4-10,12,14H,1-3H3/b13-9+. The molecule has 1 heterocycles. The van der Waals surface area contributed by atoms with Crippen LogP contribution in [0.3, 0.4) is 0 Å². The summed E-state index contributed by atoms with van der Waals surface area (Å²) in [5, 5.41) is 0. The van der Waals surface area contributed by atoms with Crippen molar-refractivity contribution in [2.75, 3.05) is 7.11 Å². The molecule has 3 unspecified atom stereocenters. The van der Waals surface area contributed by atoms with Gasteiger partial charge in [-0.15, -0.1) is 0 Å². The number of rotatable bonds is 4. The van der Waals surface area contributed by atoms with Crippen LogP contribution in [-0.2, 0) is 23.8 Å². The average Bonchev–Trinajstić information content (AvgIpc) is 2.79. The maximum atomic E-state index is 11.9. The normalized spacial score (nSPS) is 28.1. The number of cyclic esters (lactones) is 1. The molecule has 2 rings (SSSR count). The van der Waals surface area contributed by atoms with Gasteiger partial charge < -0.3 is 14.2 Å². The molecule has 21 heavy (non-hydrogen) atoms. The maximum absolute atomic E-state index is 11.9. The number of hydrogen-bond acceptors (Lipinski definition) is 5. The maximum Gasteiger partial charge on any atom is 0.337 e. The fraction of sp³-hybridized carbons (Fsp3) is 0.375. The molecule has 5 heteroatoms. The van der Waals surface area contributed by atoms with Gasteiger partial charge in [0.2, 0.25) is 0 Å². The summed E-state index contributed by atoms with van der Waals surface area (Å²) in [6.07, 6.45) is 9.82. The molecular formula is C16H18O5. The zero-order chi connectivity index (χ0) is 15.4. The monoisotopic (exact) mass is 290 g/mol. The van der Waals surface area contributed by atoms with Gasteiger partial charge in [-0.3, -0.25) is 0 Å². The molecule has 0 N–H and O–H groups in total. The smallest absolute Gasteiger partial charge is 0.337 e. The van der Waals surface area contributed by atoms with Crippen LogP contribution in [0.4, 0.5) is 0 Å². The van der Waals surface area contributed by atoms with Gasteiger partial charge in [0.1, 0.15) is 0 Å². The highest BCUT2D eigenvalue weighted by atomic mass is 16.7. The summed E-state index contributed by atoms with van der Waals surface area (Å²) in [6, 6.07) is 0. The van der Waals surface area contributed by atoms with Gasteiger partial charge in [0, 0.05) is 17.6 Å². The molecular weight excluding hydrogens is 272 g/mol. The minimum atomic E-state index is -0.796. The number of ether oxygens (including phenoxy) is 3. The Bertz CT molecular complexity index is 553. The summed E-state index contributed by atoms with van der Waals surface area (Å²) in [4.78, 5) is 23.2. The van der Waals surface area contributed by atoms with E-state index in [0.29, 0.717) is 11.1 Å². The molecule has 0 aromatic heterocycles. The Kier molecular flexibility index (Phi) is 4.62. The van der Waals surface area contributed by atoms with Crippen LogP contribution in [0.25, 0.3) is 0 Å². The van der Waals surface area contributed by atoms with Gasteiger partial charge in [-0.25, -0.2) is 9.59 Å². The van der Waals surface area contributed by atoms with Gasteiger partial charge in [0.05, 0.1) is 18.9 Å². The molecule has 2 aliphatic rings. The third-order valence-corrected chi connectivity index (χ3v) is 3.45. The minimum Gasteiger partial charge on any atom is -0.466 e. The third kappa shape index (κ3) is 3.42. The zero-order valence-corrected chi connectivity index (χ0v) is 12.2. The second-order valence-corrected chi connectivity index (χ2v) is 4.98. The molecule has 0 aromatic carbocycles. The molecule has 0 spiro atoms. The predicted octanol–water partition coefficient (Wildman–Crippen LogP) is 2.27. The molecule has 0 aromatic rings. The van der Waals surface area contributed by atoms with E-state index in [1.807, 2.05) is 31.2 Å². The number of carbonyl (C=O) groups is 2. The van der Waals surface area contributed by atoms with E-state index in [2.05, 4.69) is 0 Å².